The summed E-state index contributed by atoms with van der Waals surface area (Å²) in [5.74, 6) is -0.0516. The molecule has 9 heteroatoms. The first-order chi connectivity index (χ1) is 14.7. The Bertz CT molecular complexity index is 977. The number of aromatic nitrogens is 2. The number of hydrogen-bond acceptors (Lipinski definition) is 8. The third kappa shape index (κ3) is 5.54. The summed E-state index contributed by atoms with van der Waals surface area (Å²) in [4.78, 5) is 17.1. The van der Waals surface area contributed by atoms with Gasteiger partial charge in [-0.15, -0.1) is 10.2 Å². The number of rotatable bonds is 7. The molecule has 30 heavy (non-hydrogen) atoms. The van der Waals surface area contributed by atoms with Gasteiger partial charge in [0.05, 0.1) is 24.2 Å². The Balaban J connectivity index is 1.38. The van der Waals surface area contributed by atoms with Crippen LogP contribution in [0.25, 0.3) is 0 Å². The Morgan fingerprint density at radius 2 is 1.83 bits per heavy atom. The van der Waals surface area contributed by atoms with Crippen LogP contribution in [0.5, 0.6) is 0 Å². The monoisotopic (exact) mass is 458 g/mol. The summed E-state index contributed by atoms with van der Waals surface area (Å²) in [5.41, 5.74) is 0.815. The first kappa shape index (κ1) is 21.2. The van der Waals surface area contributed by atoms with Crippen LogP contribution in [-0.4, -0.2) is 47.7 Å². The topological polar surface area (TPSA) is 67.3 Å². The average molecular weight is 459 g/mol. The Labute approximate surface area is 188 Å². The molecule has 3 aromatic rings. The number of thioether (sulfide) groups is 1. The molecule has 156 valence electrons. The average Bonchev–Trinajstić information content (AvgIpc) is 3.25. The predicted octanol–water partition coefficient (Wildman–Crippen LogP) is 4.65. The van der Waals surface area contributed by atoms with Crippen molar-refractivity contribution in [2.75, 3.05) is 36.5 Å². The molecule has 0 radical (unpaired) electrons. The van der Waals surface area contributed by atoms with Crippen molar-refractivity contribution in [1.29, 1.82) is 0 Å². The number of carbonyl (C=O) groups excluding carboxylic acids is 1. The second-order valence-corrected chi connectivity index (χ2v) is 10.3. The number of ether oxygens (including phenoxy) is 1. The van der Waals surface area contributed by atoms with Gasteiger partial charge in [-0.05, 0) is 31.2 Å². The van der Waals surface area contributed by atoms with Gasteiger partial charge in [0.1, 0.15) is 0 Å². The molecular weight excluding hydrogens is 436 g/mol. The molecule has 2 aromatic carbocycles. The molecule has 0 saturated carbocycles. The zero-order chi connectivity index (χ0) is 20.8. The van der Waals surface area contributed by atoms with Crippen molar-refractivity contribution < 1.29 is 9.53 Å². The van der Waals surface area contributed by atoms with E-state index in [2.05, 4.69) is 32.5 Å². The number of morpholine rings is 1. The van der Waals surface area contributed by atoms with Gasteiger partial charge in [0.2, 0.25) is 11.0 Å². The van der Waals surface area contributed by atoms with E-state index in [0.717, 1.165) is 38.0 Å². The van der Waals surface area contributed by atoms with E-state index < -0.39 is 0 Å². The molecule has 1 atom stereocenters. The van der Waals surface area contributed by atoms with Gasteiger partial charge in [0.15, 0.2) is 4.34 Å². The lowest BCUT2D eigenvalue weighted by Gasteiger charge is -2.25. The summed E-state index contributed by atoms with van der Waals surface area (Å²) < 4.78 is 6.18. The van der Waals surface area contributed by atoms with Crippen LogP contribution in [0.1, 0.15) is 6.92 Å². The fraction of sp³-hybridized carbons (Fsp3) is 0.286. The quantitative estimate of drug-likeness (QED) is 0.517. The summed E-state index contributed by atoms with van der Waals surface area (Å²) in [5, 5.41) is 12.2. The van der Waals surface area contributed by atoms with Crippen molar-refractivity contribution in [3.8, 4) is 0 Å². The van der Waals surface area contributed by atoms with Gasteiger partial charge in [-0.2, -0.15) is 0 Å². The smallest absolute Gasteiger partial charge is 0.237 e. The molecule has 0 aliphatic carbocycles. The van der Waals surface area contributed by atoms with Crippen LogP contribution in [-0.2, 0) is 9.53 Å². The summed E-state index contributed by atoms with van der Waals surface area (Å²) >= 11 is 4.59. The van der Waals surface area contributed by atoms with Crippen LogP contribution in [0, 0.1) is 0 Å². The van der Waals surface area contributed by atoms with Crippen LogP contribution in [0.3, 0.4) is 0 Å². The van der Waals surface area contributed by atoms with Crippen LogP contribution in [0.2, 0.25) is 0 Å². The molecule has 4 rings (SSSR count). The lowest BCUT2D eigenvalue weighted by molar-refractivity contribution is -0.115. The molecule has 0 spiro atoms. The molecule has 6 nitrogen and oxygen atoms in total. The number of nitrogens with zero attached hydrogens (tertiary/aromatic N) is 3. The van der Waals surface area contributed by atoms with Gasteiger partial charge in [0, 0.05) is 22.9 Å². The normalized spacial score (nSPS) is 15.0. The Morgan fingerprint density at radius 1 is 1.10 bits per heavy atom. The summed E-state index contributed by atoms with van der Waals surface area (Å²) in [7, 11) is 0. The highest BCUT2D eigenvalue weighted by atomic mass is 32.2. The minimum absolute atomic E-state index is 0.0516. The number of para-hydroxylation sites is 1. The predicted molar refractivity (Wildman–Crippen MR) is 124 cm³/mol. The fourth-order valence-electron chi connectivity index (χ4n) is 2.85. The summed E-state index contributed by atoms with van der Waals surface area (Å²) in [6.45, 7) is 4.96. The van der Waals surface area contributed by atoms with Crippen molar-refractivity contribution in [3.63, 3.8) is 0 Å². The molecular formula is C21H22N4O2S3. The molecule has 1 fully saturated rings. The van der Waals surface area contributed by atoms with Crippen LogP contribution in [0.15, 0.2) is 68.7 Å². The van der Waals surface area contributed by atoms with E-state index >= 15 is 0 Å². The van der Waals surface area contributed by atoms with E-state index in [9.17, 15) is 4.79 Å². The standard InChI is InChI=1S/C21H22N4O2S3/c1-15(28-21-24-23-20(30-21)25-11-13-27-14-12-25)19(26)22-17-9-5-6-10-18(17)29-16-7-3-2-4-8-16/h2-10,15H,11-14H2,1H3,(H,22,26). The number of anilines is 2. The third-order valence-corrected chi connectivity index (χ3v) is 7.69. The molecule has 1 aliphatic rings. The maximum atomic E-state index is 12.8. The third-order valence-electron chi connectivity index (χ3n) is 4.44. The van der Waals surface area contributed by atoms with E-state index in [1.807, 2.05) is 49.4 Å². The van der Waals surface area contributed by atoms with Crippen molar-refractivity contribution in [3.05, 3.63) is 54.6 Å². The number of nitrogens with one attached hydrogen (secondary N) is 1. The number of amides is 1. The van der Waals surface area contributed by atoms with E-state index in [-0.39, 0.29) is 11.2 Å². The zero-order valence-corrected chi connectivity index (χ0v) is 18.9. The molecule has 1 aliphatic heterocycles. The van der Waals surface area contributed by atoms with Gasteiger partial charge < -0.3 is 15.0 Å². The van der Waals surface area contributed by atoms with E-state index in [4.69, 9.17) is 4.74 Å². The lowest BCUT2D eigenvalue weighted by atomic mass is 10.3. The van der Waals surface area contributed by atoms with Gasteiger partial charge >= 0.3 is 0 Å². The van der Waals surface area contributed by atoms with Crippen LogP contribution < -0.4 is 10.2 Å². The molecule has 1 aromatic heterocycles. The number of benzene rings is 2. The minimum Gasteiger partial charge on any atom is -0.378 e. The highest BCUT2D eigenvalue weighted by Gasteiger charge is 2.21. The molecule has 1 N–H and O–H groups in total. The Morgan fingerprint density at radius 3 is 2.63 bits per heavy atom. The highest BCUT2D eigenvalue weighted by molar-refractivity contribution is 8.02. The Hall–Kier alpha value is -2.07. The van der Waals surface area contributed by atoms with Crippen molar-refractivity contribution in [2.45, 2.75) is 26.3 Å². The summed E-state index contributed by atoms with van der Waals surface area (Å²) in [6.07, 6.45) is 0. The molecule has 1 saturated heterocycles. The molecule has 2 heterocycles. The molecule has 1 unspecified atom stereocenters. The maximum absolute atomic E-state index is 12.8. The Kier molecular flexibility index (Phi) is 7.27. The first-order valence-electron chi connectivity index (χ1n) is 9.65. The second-order valence-electron chi connectivity index (χ2n) is 6.61. The van der Waals surface area contributed by atoms with E-state index in [0.29, 0.717) is 13.2 Å². The fourth-order valence-corrected chi connectivity index (χ4v) is 5.81. The largest absolute Gasteiger partial charge is 0.378 e. The second kappa shape index (κ2) is 10.3. The van der Waals surface area contributed by atoms with Gasteiger partial charge in [-0.1, -0.05) is 65.2 Å². The SMILES string of the molecule is CC(Sc1nnc(N2CCOCC2)s1)C(=O)Nc1ccccc1Sc1ccccc1. The lowest BCUT2D eigenvalue weighted by Crippen LogP contribution is -2.36. The number of hydrogen-bond donors (Lipinski definition) is 1. The van der Waals surface area contributed by atoms with Crippen molar-refractivity contribution in [2.24, 2.45) is 0 Å². The molecule has 1 amide bonds. The highest BCUT2D eigenvalue weighted by Crippen LogP contribution is 2.35. The summed E-state index contributed by atoms with van der Waals surface area (Å²) in [6, 6.07) is 18.0. The maximum Gasteiger partial charge on any atom is 0.237 e. The van der Waals surface area contributed by atoms with Crippen LogP contribution >= 0.6 is 34.9 Å². The van der Waals surface area contributed by atoms with Crippen molar-refractivity contribution >= 4 is 51.6 Å². The van der Waals surface area contributed by atoms with Gasteiger partial charge in [0.25, 0.3) is 0 Å². The van der Waals surface area contributed by atoms with Crippen LogP contribution in [0.4, 0.5) is 10.8 Å². The first-order valence-corrected chi connectivity index (χ1v) is 12.2. The van der Waals surface area contributed by atoms with Gasteiger partial charge in [-0.25, -0.2) is 0 Å². The van der Waals surface area contributed by atoms with Gasteiger partial charge in [-0.3, -0.25) is 4.79 Å². The van der Waals surface area contributed by atoms with E-state index in [1.165, 1.54) is 23.1 Å². The molecule has 0 bridgehead atoms. The number of carbonyl (C=O) groups is 1. The van der Waals surface area contributed by atoms with Crippen molar-refractivity contribution in [1.82, 2.24) is 10.2 Å². The zero-order valence-electron chi connectivity index (χ0n) is 16.5. The van der Waals surface area contributed by atoms with E-state index in [1.54, 1.807) is 11.8 Å². The minimum atomic E-state index is -0.287.